The maximum atomic E-state index is 6.04. The van der Waals surface area contributed by atoms with Gasteiger partial charge in [-0.05, 0) is 20.3 Å². The molecule has 2 atom stereocenters. The van der Waals surface area contributed by atoms with Crippen LogP contribution in [0.5, 0.6) is 0 Å². The van der Waals surface area contributed by atoms with Crippen LogP contribution < -0.4 is 0 Å². The molecule has 2 bridgehead atoms. The van der Waals surface area contributed by atoms with Gasteiger partial charge in [0.15, 0.2) is 0 Å². The van der Waals surface area contributed by atoms with Crippen LogP contribution >= 0.6 is 0 Å². The monoisotopic (exact) mass is 286 g/mol. The zero-order valence-corrected chi connectivity index (χ0v) is 13.8. The van der Waals surface area contributed by atoms with Crippen LogP contribution in [0.1, 0.15) is 72.1 Å². The van der Waals surface area contributed by atoms with Crippen LogP contribution in [0.25, 0.3) is 0 Å². The van der Waals surface area contributed by atoms with Crippen molar-refractivity contribution in [2.24, 2.45) is 0 Å². The molecule has 0 amide bonds. The maximum absolute atomic E-state index is 6.04. The van der Waals surface area contributed by atoms with Gasteiger partial charge in [0.1, 0.15) is 0 Å². The molecule has 0 aromatic rings. The van der Waals surface area contributed by atoms with E-state index in [1.165, 1.54) is 51.4 Å². The summed E-state index contributed by atoms with van der Waals surface area (Å²) in [5, 5.41) is 0. The fraction of sp³-hybridized carbons (Fsp3) is 1.00. The van der Waals surface area contributed by atoms with E-state index in [-0.39, 0.29) is 18.3 Å². The van der Waals surface area contributed by atoms with Crippen molar-refractivity contribution in [3.05, 3.63) is 0 Å². The van der Waals surface area contributed by atoms with Crippen molar-refractivity contribution < 1.29 is 13.3 Å². The Morgan fingerprint density at radius 2 is 1.26 bits per heavy atom. The third-order valence-electron chi connectivity index (χ3n) is 4.31. The van der Waals surface area contributed by atoms with Crippen molar-refractivity contribution in [3.8, 4) is 0 Å². The molecule has 112 valence electrons. The van der Waals surface area contributed by atoms with Gasteiger partial charge in [-0.3, -0.25) is 0 Å². The maximum Gasteiger partial charge on any atom is 0.502 e. The molecule has 0 aliphatic carbocycles. The van der Waals surface area contributed by atoms with Gasteiger partial charge in [0.25, 0.3) is 0 Å². The minimum atomic E-state index is -2.24. The zero-order chi connectivity index (χ0) is 13.7. The fourth-order valence-electron chi connectivity index (χ4n) is 3.22. The quantitative estimate of drug-likeness (QED) is 0.467. The van der Waals surface area contributed by atoms with Gasteiger partial charge in [-0.15, -0.1) is 0 Å². The lowest BCUT2D eigenvalue weighted by Crippen LogP contribution is -2.43. The average molecular weight is 286 g/mol. The van der Waals surface area contributed by atoms with E-state index in [0.717, 1.165) is 6.04 Å². The largest absolute Gasteiger partial charge is 0.502 e. The molecule has 0 N–H and O–H groups in total. The highest BCUT2D eigenvalue weighted by Gasteiger charge is 2.60. The highest BCUT2D eigenvalue weighted by Crippen LogP contribution is 2.40. The van der Waals surface area contributed by atoms with Gasteiger partial charge in [-0.25, -0.2) is 0 Å². The van der Waals surface area contributed by atoms with Gasteiger partial charge in [-0.2, -0.15) is 0 Å². The summed E-state index contributed by atoms with van der Waals surface area (Å²) in [6.07, 6.45) is 11.4. The van der Waals surface area contributed by atoms with Gasteiger partial charge < -0.3 is 13.3 Å². The van der Waals surface area contributed by atoms with E-state index in [4.69, 9.17) is 13.3 Å². The van der Waals surface area contributed by atoms with E-state index in [1.807, 2.05) is 0 Å². The minimum absolute atomic E-state index is 0.195. The minimum Gasteiger partial charge on any atom is -0.368 e. The second kappa shape index (κ2) is 7.20. The van der Waals surface area contributed by atoms with Crippen LogP contribution in [-0.2, 0) is 13.3 Å². The number of hydrogen-bond acceptors (Lipinski definition) is 3. The average Bonchev–Trinajstić information content (AvgIpc) is 2.86. The standard InChI is InChI=1S/C15H30O3Si/c1-4-5-6-7-8-9-10-11-12-19-16-13(2)15(18-19)14(3)17-19/h13-15H,4-12H2,1-3H3. The SMILES string of the molecule is CCCCCCCCCC[Si]12OC(C)C(O1)C(C)O2. The van der Waals surface area contributed by atoms with E-state index in [1.54, 1.807) is 0 Å². The molecule has 3 nitrogen and oxygen atoms in total. The predicted molar refractivity (Wildman–Crippen MR) is 79.1 cm³/mol. The third-order valence-corrected chi connectivity index (χ3v) is 7.37. The van der Waals surface area contributed by atoms with Crippen LogP contribution in [0, 0.1) is 0 Å². The summed E-state index contributed by atoms with van der Waals surface area (Å²) >= 11 is 0. The normalized spacial score (nSPS) is 37.1. The second-order valence-electron chi connectivity index (χ2n) is 6.14. The Hall–Kier alpha value is 0.0969. The summed E-state index contributed by atoms with van der Waals surface area (Å²) in [6, 6.07) is 1.02. The van der Waals surface area contributed by atoms with Crippen LogP contribution in [0.3, 0.4) is 0 Å². The first kappa shape index (κ1) is 15.5. The van der Waals surface area contributed by atoms with E-state index in [0.29, 0.717) is 0 Å². The van der Waals surface area contributed by atoms with E-state index in [2.05, 4.69) is 20.8 Å². The first-order valence-electron chi connectivity index (χ1n) is 8.20. The molecule has 0 spiro atoms. The highest BCUT2D eigenvalue weighted by atomic mass is 28.4. The van der Waals surface area contributed by atoms with Crippen molar-refractivity contribution in [3.63, 3.8) is 0 Å². The van der Waals surface area contributed by atoms with Gasteiger partial charge >= 0.3 is 8.80 Å². The lowest BCUT2D eigenvalue weighted by atomic mass is 10.1. The van der Waals surface area contributed by atoms with Crippen molar-refractivity contribution in [1.82, 2.24) is 0 Å². The molecule has 2 fully saturated rings. The molecule has 19 heavy (non-hydrogen) atoms. The van der Waals surface area contributed by atoms with Crippen molar-refractivity contribution >= 4 is 8.80 Å². The molecule has 4 heteroatoms. The van der Waals surface area contributed by atoms with E-state index < -0.39 is 8.80 Å². The van der Waals surface area contributed by atoms with Gasteiger partial charge in [0.05, 0.1) is 18.3 Å². The van der Waals surface area contributed by atoms with E-state index >= 15 is 0 Å². The highest BCUT2D eigenvalue weighted by molar-refractivity contribution is 6.62. The van der Waals surface area contributed by atoms with Crippen LogP contribution in [0.15, 0.2) is 0 Å². The summed E-state index contributed by atoms with van der Waals surface area (Å²) in [7, 11) is -2.24. The Labute approximate surface area is 119 Å². The molecule has 2 heterocycles. The first-order chi connectivity index (χ1) is 9.17. The topological polar surface area (TPSA) is 27.7 Å². The molecule has 2 aliphatic rings. The van der Waals surface area contributed by atoms with Gasteiger partial charge in [0.2, 0.25) is 0 Å². The number of fused-ring (bicyclic) bond motifs is 2. The Bertz CT molecular complexity index is 260. The summed E-state index contributed by atoms with van der Waals surface area (Å²) in [5.74, 6) is 0. The van der Waals surface area contributed by atoms with Crippen LogP contribution in [0.4, 0.5) is 0 Å². The predicted octanol–water partition coefficient (Wildman–Crippen LogP) is 4.29. The van der Waals surface area contributed by atoms with Crippen molar-refractivity contribution in [2.75, 3.05) is 0 Å². The summed E-state index contributed by atoms with van der Waals surface area (Å²) in [4.78, 5) is 0. The number of hydrogen-bond donors (Lipinski definition) is 0. The Kier molecular flexibility index (Phi) is 5.87. The Morgan fingerprint density at radius 1 is 0.737 bits per heavy atom. The molecule has 2 unspecified atom stereocenters. The first-order valence-corrected chi connectivity index (χ1v) is 10.1. The molecule has 0 aromatic carbocycles. The molecular formula is C15H30O3Si. The lowest BCUT2D eigenvalue weighted by molar-refractivity contribution is 0.0405. The number of unbranched alkanes of at least 4 members (excludes halogenated alkanes) is 7. The molecular weight excluding hydrogens is 256 g/mol. The zero-order valence-electron chi connectivity index (χ0n) is 12.8. The molecule has 2 saturated heterocycles. The molecule has 0 aromatic heterocycles. The summed E-state index contributed by atoms with van der Waals surface area (Å²) in [6.45, 7) is 6.50. The fourth-order valence-corrected chi connectivity index (χ4v) is 6.62. The van der Waals surface area contributed by atoms with Gasteiger partial charge in [0, 0.05) is 6.04 Å². The van der Waals surface area contributed by atoms with E-state index in [9.17, 15) is 0 Å². The van der Waals surface area contributed by atoms with Crippen LogP contribution in [-0.4, -0.2) is 27.1 Å². The van der Waals surface area contributed by atoms with Gasteiger partial charge in [-0.1, -0.05) is 51.9 Å². The summed E-state index contributed by atoms with van der Waals surface area (Å²) in [5.41, 5.74) is 0. The third kappa shape index (κ3) is 4.03. The Morgan fingerprint density at radius 3 is 1.79 bits per heavy atom. The molecule has 2 aliphatic heterocycles. The van der Waals surface area contributed by atoms with Crippen molar-refractivity contribution in [2.45, 2.75) is 96.5 Å². The second-order valence-corrected chi connectivity index (χ2v) is 8.71. The Balaban J connectivity index is 1.54. The smallest absolute Gasteiger partial charge is 0.368 e. The molecule has 2 rings (SSSR count). The van der Waals surface area contributed by atoms with Crippen LogP contribution in [0.2, 0.25) is 6.04 Å². The molecule has 0 radical (unpaired) electrons. The lowest BCUT2D eigenvalue weighted by Gasteiger charge is -2.26. The number of rotatable bonds is 9. The van der Waals surface area contributed by atoms with Crippen molar-refractivity contribution in [1.29, 1.82) is 0 Å². The molecule has 0 saturated carbocycles. The summed E-state index contributed by atoms with van der Waals surface area (Å²) < 4.78 is 18.0.